The van der Waals surface area contributed by atoms with E-state index in [0.29, 0.717) is 54.3 Å². The Bertz CT molecular complexity index is 1930. The molecule has 55 heavy (non-hydrogen) atoms. The molecular formula is C40H44N4O11. The van der Waals surface area contributed by atoms with Crippen molar-refractivity contribution < 1.29 is 53.9 Å². The first-order valence-corrected chi connectivity index (χ1v) is 17.0. The Morgan fingerprint density at radius 2 is 1.27 bits per heavy atom. The van der Waals surface area contributed by atoms with Crippen LogP contribution in [0.2, 0.25) is 0 Å². The zero-order chi connectivity index (χ0) is 40.2. The first-order valence-electron chi connectivity index (χ1n) is 17.0. The summed E-state index contributed by atoms with van der Waals surface area (Å²) in [5.74, 6) is -2.79. The number of aliphatic carboxylic acids is 4. The normalized spacial score (nSPS) is 13.2. The van der Waals surface area contributed by atoms with Crippen molar-refractivity contribution in [2.75, 3.05) is 46.9 Å². The number of ketones is 1. The van der Waals surface area contributed by atoms with Crippen molar-refractivity contribution in [1.82, 2.24) is 19.4 Å². The van der Waals surface area contributed by atoms with Gasteiger partial charge in [-0.2, -0.15) is 0 Å². The number of nitrogens with zero attached hydrogens (tertiary/aromatic N) is 4. The Balaban J connectivity index is 0.000000425. The third-order valence-electron chi connectivity index (χ3n) is 8.05. The molecule has 1 fully saturated rings. The zero-order valence-corrected chi connectivity index (χ0v) is 30.5. The van der Waals surface area contributed by atoms with Gasteiger partial charge in [0.1, 0.15) is 17.3 Å². The van der Waals surface area contributed by atoms with Crippen molar-refractivity contribution in [3.63, 3.8) is 0 Å². The van der Waals surface area contributed by atoms with Gasteiger partial charge >= 0.3 is 23.9 Å². The second kappa shape index (κ2) is 22.5. The number of carboxylic acid groups (broad SMARTS) is 4. The number of methoxy groups -OCH3 is 2. The van der Waals surface area contributed by atoms with Crippen LogP contribution in [0.25, 0.3) is 17.1 Å². The van der Waals surface area contributed by atoms with Crippen molar-refractivity contribution in [3.8, 4) is 11.5 Å². The van der Waals surface area contributed by atoms with Gasteiger partial charge in [0.25, 0.3) is 0 Å². The quantitative estimate of drug-likeness (QED) is 0.0967. The molecule has 1 saturated heterocycles. The van der Waals surface area contributed by atoms with Gasteiger partial charge in [0.05, 0.1) is 37.4 Å². The fourth-order valence-corrected chi connectivity index (χ4v) is 5.39. The number of ether oxygens (including phenoxy) is 2. The van der Waals surface area contributed by atoms with E-state index in [9.17, 15) is 24.0 Å². The predicted octanol–water partition coefficient (Wildman–Crippen LogP) is 4.58. The summed E-state index contributed by atoms with van der Waals surface area (Å²) in [5.41, 5.74) is 3.83. The van der Waals surface area contributed by atoms with Crippen LogP contribution in [0.5, 0.6) is 11.5 Å². The highest BCUT2D eigenvalue weighted by Crippen LogP contribution is 2.26. The number of benzene rings is 3. The van der Waals surface area contributed by atoms with Gasteiger partial charge < -0.3 is 34.5 Å². The fraction of sp³-hybridized carbons (Fsp3) is 0.250. The average molecular weight is 757 g/mol. The third kappa shape index (κ3) is 15.1. The molecule has 1 aromatic heterocycles. The number of aromatic nitrogens is 2. The van der Waals surface area contributed by atoms with Gasteiger partial charge in [0, 0.05) is 76.1 Å². The van der Waals surface area contributed by atoms with Gasteiger partial charge in [0.15, 0.2) is 5.78 Å². The molecule has 5 rings (SSSR count). The third-order valence-corrected chi connectivity index (χ3v) is 8.05. The van der Waals surface area contributed by atoms with Crippen LogP contribution in [0.15, 0.2) is 103 Å². The number of carboxylic acids is 4. The number of Topliss-reactive ketones (excluding diaryl/α,β-unsaturated/α-hetero) is 1. The molecule has 15 nitrogen and oxygen atoms in total. The van der Waals surface area contributed by atoms with Crippen molar-refractivity contribution in [2.24, 2.45) is 0 Å². The summed E-state index contributed by atoms with van der Waals surface area (Å²) in [6.07, 6.45) is 7.03. The number of carbonyl (C=O) groups is 5. The number of para-hydroxylation sites is 2. The highest BCUT2D eigenvalue weighted by Gasteiger charge is 2.21. The summed E-state index contributed by atoms with van der Waals surface area (Å²) < 4.78 is 12.9. The molecule has 4 N–H and O–H groups in total. The molecule has 0 aliphatic carbocycles. The summed E-state index contributed by atoms with van der Waals surface area (Å²) in [4.78, 5) is 61.3. The van der Waals surface area contributed by atoms with Gasteiger partial charge in [-0.1, -0.05) is 54.6 Å². The SMILES string of the molecule is COc1ccc(C(=O)CCn2c(CN3CCN(C/C=C/c4ccccc4)CC3)nc3ccccc32)c(OC)c1.O=C(O)/C=C/C(=O)O.O=C(O)/C=C/C(=O)O. The minimum atomic E-state index is -1.26. The van der Waals surface area contributed by atoms with E-state index in [-0.39, 0.29) is 5.78 Å². The van der Waals surface area contributed by atoms with E-state index < -0.39 is 23.9 Å². The number of hydrogen-bond donors (Lipinski definition) is 4. The lowest BCUT2D eigenvalue weighted by atomic mass is 10.1. The number of fused-ring (bicyclic) bond motifs is 1. The van der Waals surface area contributed by atoms with Gasteiger partial charge in [-0.25, -0.2) is 24.2 Å². The summed E-state index contributed by atoms with van der Waals surface area (Å²) in [6.45, 7) is 6.31. The maximum Gasteiger partial charge on any atom is 0.328 e. The Hall–Kier alpha value is -6.58. The Kier molecular flexibility index (Phi) is 17.5. The van der Waals surface area contributed by atoms with Crippen LogP contribution < -0.4 is 9.47 Å². The zero-order valence-electron chi connectivity index (χ0n) is 30.5. The lowest BCUT2D eigenvalue weighted by molar-refractivity contribution is -0.134. The first-order chi connectivity index (χ1) is 26.4. The Morgan fingerprint density at radius 3 is 1.84 bits per heavy atom. The van der Waals surface area contributed by atoms with Crippen LogP contribution in [0.1, 0.15) is 28.2 Å². The molecule has 0 atom stereocenters. The lowest BCUT2D eigenvalue weighted by Gasteiger charge is -2.34. The lowest BCUT2D eigenvalue weighted by Crippen LogP contribution is -2.46. The number of imidazole rings is 1. The van der Waals surface area contributed by atoms with Crippen molar-refractivity contribution >= 4 is 46.8 Å². The molecule has 0 bridgehead atoms. The maximum atomic E-state index is 13.2. The minimum absolute atomic E-state index is 0.0374. The van der Waals surface area contributed by atoms with E-state index in [1.54, 1.807) is 32.4 Å². The largest absolute Gasteiger partial charge is 0.497 e. The van der Waals surface area contributed by atoms with E-state index in [4.69, 9.17) is 34.9 Å². The van der Waals surface area contributed by atoms with Gasteiger partial charge in [-0.15, -0.1) is 0 Å². The van der Waals surface area contributed by atoms with Crippen molar-refractivity contribution in [2.45, 2.75) is 19.5 Å². The van der Waals surface area contributed by atoms with Gasteiger partial charge in [0.2, 0.25) is 0 Å². The highest BCUT2D eigenvalue weighted by molar-refractivity contribution is 5.99. The number of hydrogen-bond acceptors (Lipinski definition) is 10. The summed E-state index contributed by atoms with van der Waals surface area (Å²) >= 11 is 0. The van der Waals surface area contributed by atoms with Crippen LogP contribution in [0.4, 0.5) is 0 Å². The van der Waals surface area contributed by atoms with Gasteiger partial charge in [-0.05, 0) is 29.8 Å². The average Bonchev–Trinajstić information content (AvgIpc) is 3.53. The molecule has 1 aliphatic rings. The second-order valence-electron chi connectivity index (χ2n) is 11.8. The molecule has 290 valence electrons. The molecule has 0 saturated carbocycles. The van der Waals surface area contributed by atoms with Crippen LogP contribution in [0, 0.1) is 0 Å². The van der Waals surface area contributed by atoms with E-state index in [1.165, 1.54) is 5.56 Å². The maximum absolute atomic E-state index is 13.2. The van der Waals surface area contributed by atoms with E-state index in [2.05, 4.69) is 56.9 Å². The number of piperazine rings is 1. The van der Waals surface area contributed by atoms with Crippen LogP contribution >= 0.6 is 0 Å². The molecule has 1 aliphatic heterocycles. The molecule has 15 heteroatoms. The Labute approximate surface area is 317 Å². The molecule has 0 amide bonds. The molecular weight excluding hydrogens is 712 g/mol. The molecule has 0 radical (unpaired) electrons. The van der Waals surface area contributed by atoms with E-state index in [0.717, 1.165) is 56.1 Å². The molecule has 0 unspecified atom stereocenters. The van der Waals surface area contributed by atoms with Crippen molar-refractivity contribution in [3.05, 3.63) is 120 Å². The number of carbonyl (C=O) groups excluding carboxylic acids is 1. The van der Waals surface area contributed by atoms with Crippen molar-refractivity contribution in [1.29, 1.82) is 0 Å². The number of aryl methyl sites for hydroxylation is 1. The predicted molar refractivity (Wildman–Crippen MR) is 204 cm³/mol. The topological polar surface area (TPSA) is 209 Å². The first kappa shape index (κ1) is 42.8. The summed E-state index contributed by atoms with van der Waals surface area (Å²) in [6, 6.07) is 23.9. The monoisotopic (exact) mass is 756 g/mol. The second-order valence-corrected chi connectivity index (χ2v) is 11.8. The molecule has 0 spiro atoms. The van der Waals surface area contributed by atoms with Crippen LogP contribution in [-0.4, -0.2) is 116 Å². The number of rotatable bonds is 15. The molecule has 4 aromatic rings. The highest BCUT2D eigenvalue weighted by atomic mass is 16.5. The smallest absolute Gasteiger partial charge is 0.328 e. The fourth-order valence-electron chi connectivity index (χ4n) is 5.39. The Morgan fingerprint density at radius 1 is 0.709 bits per heavy atom. The summed E-state index contributed by atoms with van der Waals surface area (Å²) in [7, 11) is 3.18. The standard InChI is InChI=1S/C32H36N4O3.2C4H4O4/c1-38-26-14-15-27(31(23-26)39-2)30(37)16-18-36-29-13-7-6-12-28(29)33-32(36)24-35-21-19-34(20-22-35)17-8-11-25-9-4-3-5-10-25;2*5-3(6)1-2-4(7)8/h3-15,23H,16-22,24H2,1-2H3;2*1-2H,(H,5,6)(H,7,8)/b11-8+;2*2-1+. The molecule has 3 aromatic carbocycles. The van der Waals surface area contributed by atoms with E-state index >= 15 is 0 Å². The summed E-state index contributed by atoms with van der Waals surface area (Å²) in [5, 5.41) is 31.2. The van der Waals surface area contributed by atoms with E-state index in [1.807, 2.05) is 24.3 Å². The minimum Gasteiger partial charge on any atom is -0.497 e. The van der Waals surface area contributed by atoms with Crippen LogP contribution in [0.3, 0.4) is 0 Å². The van der Waals surface area contributed by atoms with Gasteiger partial charge in [-0.3, -0.25) is 14.6 Å². The van der Waals surface area contributed by atoms with Crippen LogP contribution in [-0.2, 0) is 32.3 Å². The molecule has 2 heterocycles.